The highest BCUT2D eigenvalue weighted by Gasteiger charge is 2.24. The van der Waals surface area contributed by atoms with Gasteiger partial charge in [-0.15, -0.1) is 0 Å². The number of aromatic nitrogens is 2. The molecule has 5 rings (SSSR count). The molecule has 170 valence electrons. The molecular weight excluding hydrogens is 442 g/mol. The molecule has 2 heterocycles. The summed E-state index contributed by atoms with van der Waals surface area (Å²) in [5, 5.41) is 10.2. The van der Waals surface area contributed by atoms with Gasteiger partial charge in [-0.3, -0.25) is 4.57 Å². The molecule has 1 fully saturated rings. The molecule has 33 heavy (non-hydrogen) atoms. The first-order valence-corrected chi connectivity index (χ1v) is 11.4. The second-order valence-corrected chi connectivity index (χ2v) is 8.61. The quantitative estimate of drug-likeness (QED) is 0.595. The lowest BCUT2D eigenvalue weighted by Crippen LogP contribution is -2.28. The Labute approximate surface area is 196 Å². The van der Waals surface area contributed by atoms with Crippen molar-refractivity contribution in [2.24, 2.45) is 13.0 Å². The molecule has 0 atom stereocenters. The van der Waals surface area contributed by atoms with Crippen LogP contribution in [0.25, 0.3) is 10.9 Å². The predicted molar refractivity (Wildman–Crippen MR) is 127 cm³/mol. The first-order valence-electron chi connectivity index (χ1n) is 11.0. The lowest BCUT2D eigenvalue weighted by Gasteiger charge is -2.25. The minimum absolute atomic E-state index is 0.110. The number of halogens is 1. The molecule has 0 saturated heterocycles. The summed E-state index contributed by atoms with van der Waals surface area (Å²) in [5.74, 6) is 8.08. The summed E-state index contributed by atoms with van der Waals surface area (Å²) in [5.41, 5.74) is 3.11. The number of hydrogen-bond donors (Lipinski definition) is 1. The average molecular weight is 466 g/mol. The zero-order valence-corrected chi connectivity index (χ0v) is 19.1. The lowest BCUT2D eigenvalue weighted by molar-refractivity contribution is 0.133. The maximum absolute atomic E-state index is 12.8. The SMILES string of the molecule is Cn1c(=O)nc(N2CCOCc3c(C#CC4CC4)cccc32)c2cc(Cl)c(OCCO)cc21. The molecule has 0 amide bonds. The zero-order chi connectivity index (χ0) is 22.9. The van der Waals surface area contributed by atoms with Crippen molar-refractivity contribution in [3.05, 3.63) is 57.0 Å². The van der Waals surface area contributed by atoms with Gasteiger partial charge in [-0.1, -0.05) is 29.5 Å². The number of aryl methyl sites for hydroxylation is 1. The topological polar surface area (TPSA) is 76.8 Å². The van der Waals surface area contributed by atoms with Crippen LogP contribution in [0.2, 0.25) is 5.02 Å². The molecule has 0 bridgehead atoms. The van der Waals surface area contributed by atoms with E-state index in [0.717, 1.165) is 22.2 Å². The van der Waals surface area contributed by atoms with Gasteiger partial charge >= 0.3 is 5.69 Å². The molecule has 3 aromatic rings. The second-order valence-electron chi connectivity index (χ2n) is 8.20. The highest BCUT2D eigenvalue weighted by molar-refractivity contribution is 6.33. The summed E-state index contributed by atoms with van der Waals surface area (Å²) in [7, 11) is 1.66. The van der Waals surface area contributed by atoms with Gasteiger partial charge < -0.3 is 19.5 Å². The van der Waals surface area contributed by atoms with E-state index < -0.39 is 0 Å². The van der Waals surface area contributed by atoms with Gasteiger partial charge in [-0.2, -0.15) is 4.98 Å². The van der Waals surface area contributed by atoms with Gasteiger partial charge in [-0.05, 0) is 31.0 Å². The van der Waals surface area contributed by atoms with E-state index in [4.69, 9.17) is 26.2 Å². The third-order valence-electron chi connectivity index (χ3n) is 5.88. The molecule has 1 saturated carbocycles. The van der Waals surface area contributed by atoms with E-state index in [1.165, 1.54) is 17.4 Å². The van der Waals surface area contributed by atoms with Crippen LogP contribution in [0.15, 0.2) is 35.1 Å². The fourth-order valence-corrected chi connectivity index (χ4v) is 4.19. The molecule has 2 aliphatic rings. The van der Waals surface area contributed by atoms with Gasteiger partial charge in [0.2, 0.25) is 0 Å². The summed E-state index contributed by atoms with van der Waals surface area (Å²) in [4.78, 5) is 19.2. The Morgan fingerprint density at radius 3 is 2.97 bits per heavy atom. The summed E-state index contributed by atoms with van der Waals surface area (Å²) >= 11 is 6.49. The third kappa shape index (κ3) is 4.30. The van der Waals surface area contributed by atoms with Crippen molar-refractivity contribution >= 4 is 34.0 Å². The summed E-state index contributed by atoms with van der Waals surface area (Å²) in [6.07, 6.45) is 2.33. The van der Waals surface area contributed by atoms with Crippen LogP contribution in [0.4, 0.5) is 11.5 Å². The van der Waals surface area contributed by atoms with E-state index in [9.17, 15) is 4.79 Å². The summed E-state index contributed by atoms with van der Waals surface area (Å²) in [6.45, 7) is 1.43. The number of benzene rings is 2. The minimum Gasteiger partial charge on any atom is -0.490 e. The van der Waals surface area contributed by atoms with E-state index in [-0.39, 0.29) is 18.9 Å². The maximum Gasteiger partial charge on any atom is 0.349 e. The minimum atomic E-state index is -0.385. The van der Waals surface area contributed by atoms with E-state index in [0.29, 0.717) is 47.8 Å². The first-order chi connectivity index (χ1) is 16.1. The van der Waals surface area contributed by atoms with Crippen molar-refractivity contribution in [3.63, 3.8) is 0 Å². The smallest absolute Gasteiger partial charge is 0.349 e. The van der Waals surface area contributed by atoms with Crippen LogP contribution in [0.3, 0.4) is 0 Å². The van der Waals surface area contributed by atoms with Crippen LogP contribution >= 0.6 is 11.6 Å². The zero-order valence-electron chi connectivity index (χ0n) is 18.3. The van der Waals surface area contributed by atoms with E-state index in [2.05, 4.69) is 16.8 Å². The number of nitrogens with zero attached hydrogens (tertiary/aromatic N) is 3. The lowest BCUT2D eigenvalue weighted by atomic mass is 10.0. The van der Waals surface area contributed by atoms with Crippen molar-refractivity contribution in [1.29, 1.82) is 0 Å². The van der Waals surface area contributed by atoms with Crippen molar-refractivity contribution in [2.75, 3.05) is 31.3 Å². The molecular formula is C25H24ClN3O4. The van der Waals surface area contributed by atoms with Crippen LogP contribution in [-0.2, 0) is 18.4 Å². The number of fused-ring (bicyclic) bond motifs is 2. The van der Waals surface area contributed by atoms with Gasteiger partial charge in [0.25, 0.3) is 0 Å². The Bertz CT molecular complexity index is 1340. The standard InChI is InChI=1S/C25H24ClN3O4/c1-28-22-14-23(33-12-10-30)20(26)13-18(22)24(27-25(28)31)29-9-11-32-15-19-17(3-2-4-21(19)29)8-7-16-5-6-16/h2-4,13-14,16,30H,5-6,9-12,15H2,1H3. The molecule has 0 radical (unpaired) electrons. The van der Waals surface area contributed by atoms with Crippen molar-refractivity contribution < 1.29 is 14.6 Å². The molecule has 0 spiro atoms. The van der Waals surface area contributed by atoms with Gasteiger partial charge in [0.15, 0.2) is 0 Å². The van der Waals surface area contributed by atoms with Crippen molar-refractivity contribution in [1.82, 2.24) is 9.55 Å². The van der Waals surface area contributed by atoms with E-state index in [1.807, 2.05) is 23.1 Å². The number of anilines is 2. The third-order valence-corrected chi connectivity index (χ3v) is 6.18. The summed E-state index contributed by atoms with van der Waals surface area (Å²) < 4.78 is 12.9. The van der Waals surface area contributed by atoms with Gasteiger partial charge in [0.1, 0.15) is 18.2 Å². The predicted octanol–water partition coefficient (Wildman–Crippen LogP) is 3.39. The van der Waals surface area contributed by atoms with Crippen LogP contribution in [0.1, 0.15) is 24.0 Å². The molecule has 1 aliphatic carbocycles. The average Bonchev–Trinajstić information content (AvgIpc) is 3.66. The van der Waals surface area contributed by atoms with Crippen LogP contribution < -0.4 is 15.3 Å². The number of rotatable bonds is 4. The Balaban J connectivity index is 1.67. The Morgan fingerprint density at radius 2 is 2.18 bits per heavy atom. The fourth-order valence-electron chi connectivity index (χ4n) is 3.97. The number of ether oxygens (including phenoxy) is 2. The fraction of sp³-hybridized carbons (Fsp3) is 0.360. The largest absolute Gasteiger partial charge is 0.490 e. The monoisotopic (exact) mass is 465 g/mol. The van der Waals surface area contributed by atoms with E-state index in [1.54, 1.807) is 19.2 Å². The Kier molecular flexibility index (Phi) is 5.98. The van der Waals surface area contributed by atoms with Crippen LogP contribution in [-0.4, -0.2) is 41.0 Å². The van der Waals surface area contributed by atoms with Crippen molar-refractivity contribution in [2.45, 2.75) is 19.4 Å². The Morgan fingerprint density at radius 1 is 1.33 bits per heavy atom. The van der Waals surface area contributed by atoms with Gasteiger partial charge in [-0.25, -0.2) is 4.79 Å². The second kappa shape index (κ2) is 9.06. The normalized spacial score (nSPS) is 15.5. The maximum atomic E-state index is 12.8. The molecule has 7 nitrogen and oxygen atoms in total. The molecule has 0 unspecified atom stereocenters. The number of hydrogen-bond acceptors (Lipinski definition) is 6. The van der Waals surface area contributed by atoms with Crippen LogP contribution in [0, 0.1) is 17.8 Å². The van der Waals surface area contributed by atoms with Gasteiger partial charge in [0, 0.05) is 47.8 Å². The van der Waals surface area contributed by atoms with Crippen molar-refractivity contribution in [3.8, 4) is 17.6 Å². The molecule has 1 aliphatic heterocycles. The summed E-state index contributed by atoms with van der Waals surface area (Å²) in [6, 6.07) is 9.47. The highest BCUT2D eigenvalue weighted by atomic mass is 35.5. The number of aliphatic hydroxyl groups excluding tert-OH is 1. The van der Waals surface area contributed by atoms with Gasteiger partial charge in [0.05, 0.1) is 30.4 Å². The van der Waals surface area contributed by atoms with Crippen LogP contribution in [0.5, 0.6) is 5.75 Å². The first kappa shape index (κ1) is 21.8. The molecule has 8 heteroatoms. The molecule has 1 N–H and O–H groups in total. The number of aliphatic hydroxyl groups is 1. The molecule has 2 aromatic carbocycles. The molecule has 1 aromatic heterocycles. The Hall–Kier alpha value is -3.05. The highest BCUT2D eigenvalue weighted by Crippen LogP contribution is 2.38. The van der Waals surface area contributed by atoms with E-state index >= 15 is 0 Å².